The number of ether oxygens (including phenoxy) is 2. The molecule has 2 N–H and O–H groups in total. The van der Waals surface area contributed by atoms with E-state index >= 15 is 0 Å². The van der Waals surface area contributed by atoms with Gasteiger partial charge in [0.25, 0.3) is 0 Å². The van der Waals surface area contributed by atoms with E-state index in [1.807, 2.05) is 24.3 Å². The van der Waals surface area contributed by atoms with Crippen molar-refractivity contribution >= 4 is 11.7 Å². The van der Waals surface area contributed by atoms with Gasteiger partial charge >= 0.3 is 6.03 Å². The minimum atomic E-state index is -0.299. The number of aromatic nitrogens is 1. The summed E-state index contributed by atoms with van der Waals surface area (Å²) >= 11 is 0. The number of carbonyl (C=O) groups excluding carboxylic acids is 1. The molecule has 0 unspecified atom stereocenters. The summed E-state index contributed by atoms with van der Waals surface area (Å²) in [6.45, 7) is 0.727. The zero-order chi connectivity index (χ0) is 14.9. The molecule has 6 nitrogen and oxygen atoms in total. The lowest BCUT2D eigenvalue weighted by Crippen LogP contribution is -2.32. The zero-order valence-electron chi connectivity index (χ0n) is 11.7. The Bertz CT molecular complexity index is 575. The highest BCUT2D eigenvalue weighted by molar-refractivity contribution is 5.88. The second kappa shape index (κ2) is 7.74. The number of para-hydroxylation sites is 2. The van der Waals surface area contributed by atoms with Gasteiger partial charge < -0.3 is 20.1 Å². The van der Waals surface area contributed by atoms with Gasteiger partial charge in [-0.3, -0.25) is 4.98 Å². The molecule has 0 spiro atoms. The molecule has 0 fully saturated rings. The Hall–Kier alpha value is -2.76. The van der Waals surface area contributed by atoms with E-state index in [1.165, 1.54) is 0 Å². The highest BCUT2D eigenvalue weighted by Crippen LogP contribution is 2.25. The van der Waals surface area contributed by atoms with E-state index in [0.717, 1.165) is 0 Å². The number of pyridine rings is 1. The number of carbonyl (C=O) groups is 1. The van der Waals surface area contributed by atoms with Gasteiger partial charge in [0, 0.05) is 6.20 Å². The van der Waals surface area contributed by atoms with Gasteiger partial charge in [0.05, 0.1) is 25.5 Å². The van der Waals surface area contributed by atoms with Gasteiger partial charge in [0.1, 0.15) is 6.61 Å². The maximum atomic E-state index is 11.6. The summed E-state index contributed by atoms with van der Waals surface area (Å²) < 4.78 is 10.7. The van der Waals surface area contributed by atoms with Gasteiger partial charge in [-0.1, -0.05) is 12.1 Å². The molecule has 2 amide bonds. The van der Waals surface area contributed by atoms with Gasteiger partial charge in [-0.15, -0.1) is 0 Å². The van der Waals surface area contributed by atoms with Crippen LogP contribution in [0, 0.1) is 0 Å². The topological polar surface area (TPSA) is 72.5 Å². The second-order valence-electron chi connectivity index (χ2n) is 4.12. The molecule has 2 rings (SSSR count). The van der Waals surface area contributed by atoms with Crippen LogP contribution in [0.5, 0.6) is 11.5 Å². The van der Waals surface area contributed by atoms with E-state index in [0.29, 0.717) is 30.3 Å². The van der Waals surface area contributed by atoms with Gasteiger partial charge in [-0.05, 0) is 24.3 Å². The Labute approximate surface area is 123 Å². The number of benzene rings is 1. The maximum Gasteiger partial charge on any atom is 0.319 e. The molecular weight excluding hydrogens is 270 g/mol. The summed E-state index contributed by atoms with van der Waals surface area (Å²) in [5, 5.41) is 5.37. The van der Waals surface area contributed by atoms with Gasteiger partial charge in [0.15, 0.2) is 11.5 Å². The summed E-state index contributed by atoms with van der Waals surface area (Å²) in [5.41, 5.74) is 0.639. The predicted molar refractivity (Wildman–Crippen MR) is 79.7 cm³/mol. The Morgan fingerprint density at radius 1 is 1.19 bits per heavy atom. The molecule has 110 valence electrons. The molecule has 21 heavy (non-hydrogen) atoms. The lowest BCUT2D eigenvalue weighted by molar-refractivity contribution is 0.246. The maximum absolute atomic E-state index is 11.6. The minimum absolute atomic E-state index is 0.299. The number of hydrogen-bond donors (Lipinski definition) is 2. The van der Waals surface area contributed by atoms with Crippen molar-refractivity contribution in [3.8, 4) is 11.5 Å². The highest BCUT2D eigenvalue weighted by atomic mass is 16.5. The Balaban J connectivity index is 1.71. The number of nitrogens with one attached hydrogen (secondary N) is 2. The van der Waals surface area contributed by atoms with Crippen LogP contribution in [0.1, 0.15) is 0 Å². The van der Waals surface area contributed by atoms with E-state index < -0.39 is 0 Å². The zero-order valence-corrected chi connectivity index (χ0v) is 11.7. The molecule has 0 aliphatic heterocycles. The summed E-state index contributed by atoms with van der Waals surface area (Å²) in [7, 11) is 1.59. The van der Waals surface area contributed by atoms with Crippen molar-refractivity contribution in [1.29, 1.82) is 0 Å². The van der Waals surface area contributed by atoms with Crippen LogP contribution in [-0.2, 0) is 0 Å². The molecule has 0 saturated carbocycles. The first kappa shape index (κ1) is 14.6. The molecule has 0 aliphatic rings. The van der Waals surface area contributed by atoms with E-state index in [1.54, 1.807) is 31.6 Å². The van der Waals surface area contributed by atoms with E-state index in [2.05, 4.69) is 15.6 Å². The third-order valence-electron chi connectivity index (χ3n) is 2.63. The SMILES string of the molecule is COc1ccccc1OCCNC(=O)Nc1cccnc1. The average Bonchev–Trinajstić information content (AvgIpc) is 2.53. The number of methoxy groups -OCH3 is 1. The number of urea groups is 1. The fourth-order valence-electron chi connectivity index (χ4n) is 1.68. The van der Waals surface area contributed by atoms with Crippen molar-refractivity contribution in [1.82, 2.24) is 10.3 Å². The molecule has 1 aromatic carbocycles. The average molecular weight is 287 g/mol. The first-order valence-electron chi connectivity index (χ1n) is 6.50. The number of rotatable bonds is 6. The number of anilines is 1. The first-order chi connectivity index (χ1) is 10.3. The van der Waals surface area contributed by atoms with Gasteiger partial charge in [-0.25, -0.2) is 4.79 Å². The summed E-state index contributed by atoms with van der Waals surface area (Å²) in [5.74, 6) is 1.31. The third-order valence-corrected chi connectivity index (χ3v) is 2.63. The lowest BCUT2D eigenvalue weighted by atomic mass is 10.3. The summed E-state index contributed by atoms with van der Waals surface area (Å²) in [4.78, 5) is 15.5. The standard InChI is InChI=1S/C15H17N3O3/c1-20-13-6-2-3-7-14(13)21-10-9-17-15(19)18-12-5-4-8-16-11-12/h2-8,11H,9-10H2,1H3,(H2,17,18,19). The van der Waals surface area contributed by atoms with Crippen LogP contribution in [0.3, 0.4) is 0 Å². The van der Waals surface area contributed by atoms with E-state index in [-0.39, 0.29) is 6.03 Å². The van der Waals surface area contributed by atoms with E-state index in [9.17, 15) is 4.79 Å². The minimum Gasteiger partial charge on any atom is -0.493 e. The molecule has 6 heteroatoms. The van der Waals surface area contributed by atoms with E-state index in [4.69, 9.17) is 9.47 Å². The number of hydrogen-bond acceptors (Lipinski definition) is 4. The second-order valence-corrected chi connectivity index (χ2v) is 4.12. The monoisotopic (exact) mass is 287 g/mol. The van der Waals surface area contributed by atoms with Crippen LogP contribution in [0.25, 0.3) is 0 Å². The molecule has 1 aromatic heterocycles. The molecule has 1 heterocycles. The summed E-state index contributed by atoms with van der Waals surface area (Å²) in [6.07, 6.45) is 3.22. The van der Waals surface area contributed by atoms with Crippen molar-refractivity contribution in [2.45, 2.75) is 0 Å². The Morgan fingerprint density at radius 3 is 2.71 bits per heavy atom. The smallest absolute Gasteiger partial charge is 0.319 e. The van der Waals surface area contributed by atoms with Crippen molar-refractivity contribution in [2.24, 2.45) is 0 Å². The van der Waals surface area contributed by atoms with Crippen molar-refractivity contribution in [2.75, 3.05) is 25.6 Å². The predicted octanol–water partition coefficient (Wildman–Crippen LogP) is 2.29. The fraction of sp³-hybridized carbons (Fsp3) is 0.200. The quantitative estimate of drug-likeness (QED) is 0.800. The molecule has 0 atom stereocenters. The molecule has 0 bridgehead atoms. The molecule has 0 aliphatic carbocycles. The van der Waals surface area contributed by atoms with Crippen LogP contribution in [0.2, 0.25) is 0 Å². The highest BCUT2D eigenvalue weighted by Gasteiger charge is 2.03. The largest absolute Gasteiger partial charge is 0.493 e. The summed E-state index contributed by atoms with van der Waals surface area (Å²) in [6, 6.07) is 10.6. The van der Waals surface area contributed by atoms with Crippen molar-refractivity contribution < 1.29 is 14.3 Å². The third kappa shape index (κ3) is 4.68. The van der Waals surface area contributed by atoms with Crippen molar-refractivity contribution in [3.05, 3.63) is 48.8 Å². The molecule has 0 saturated heterocycles. The Morgan fingerprint density at radius 2 is 2.00 bits per heavy atom. The molecule has 2 aromatic rings. The normalized spacial score (nSPS) is 9.76. The van der Waals surface area contributed by atoms with Gasteiger partial charge in [-0.2, -0.15) is 0 Å². The van der Waals surface area contributed by atoms with Crippen molar-refractivity contribution in [3.63, 3.8) is 0 Å². The van der Waals surface area contributed by atoms with Crippen LogP contribution < -0.4 is 20.1 Å². The number of nitrogens with zero attached hydrogens (tertiary/aromatic N) is 1. The first-order valence-corrected chi connectivity index (χ1v) is 6.50. The van der Waals surface area contributed by atoms with Crippen LogP contribution in [-0.4, -0.2) is 31.3 Å². The molecule has 0 radical (unpaired) electrons. The molecular formula is C15H17N3O3. The lowest BCUT2D eigenvalue weighted by Gasteiger charge is -2.11. The number of amides is 2. The van der Waals surface area contributed by atoms with Gasteiger partial charge in [0.2, 0.25) is 0 Å². The van der Waals surface area contributed by atoms with Crippen LogP contribution in [0.15, 0.2) is 48.8 Å². The van der Waals surface area contributed by atoms with Crippen LogP contribution >= 0.6 is 0 Å². The van der Waals surface area contributed by atoms with Crippen LogP contribution in [0.4, 0.5) is 10.5 Å². The Kier molecular flexibility index (Phi) is 5.40. The fourth-order valence-corrected chi connectivity index (χ4v) is 1.68.